The van der Waals surface area contributed by atoms with Crippen LogP contribution in [-0.2, 0) is 4.79 Å². The summed E-state index contributed by atoms with van der Waals surface area (Å²) in [6.45, 7) is 6.14. The summed E-state index contributed by atoms with van der Waals surface area (Å²) in [5.74, 6) is 2.26. The smallest absolute Gasteiger partial charge is 0.261 e. The Kier molecular flexibility index (Phi) is 5.67. The van der Waals surface area contributed by atoms with E-state index in [1.807, 2.05) is 25.1 Å². The van der Waals surface area contributed by atoms with Crippen molar-refractivity contribution in [1.29, 1.82) is 0 Å². The van der Waals surface area contributed by atoms with Gasteiger partial charge >= 0.3 is 0 Å². The molecule has 1 aromatic rings. The second-order valence-electron chi connectivity index (χ2n) is 8.20. The Morgan fingerprint density at radius 3 is 2.52 bits per heavy atom. The van der Waals surface area contributed by atoms with Gasteiger partial charge in [0.2, 0.25) is 0 Å². The Morgan fingerprint density at radius 2 is 1.88 bits per heavy atom. The molecule has 0 radical (unpaired) electrons. The molecule has 0 saturated heterocycles. The minimum absolute atomic E-state index is 0.00711. The predicted molar refractivity (Wildman–Crippen MR) is 101 cm³/mol. The maximum Gasteiger partial charge on any atom is 0.261 e. The van der Waals surface area contributed by atoms with Gasteiger partial charge in [-0.3, -0.25) is 4.79 Å². The van der Waals surface area contributed by atoms with Gasteiger partial charge in [-0.05, 0) is 68.1 Å². The van der Waals surface area contributed by atoms with Crippen molar-refractivity contribution in [2.45, 2.75) is 77.0 Å². The molecule has 25 heavy (non-hydrogen) atoms. The lowest BCUT2D eigenvalue weighted by molar-refractivity contribution is -0.129. The highest BCUT2D eigenvalue weighted by Crippen LogP contribution is 2.39. The molecule has 2 aliphatic rings. The van der Waals surface area contributed by atoms with E-state index in [0.717, 1.165) is 18.6 Å². The first-order valence-corrected chi connectivity index (χ1v) is 9.76. The van der Waals surface area contributed by atoms with E-state index in [4.69, 9.17) is 10.5 Å². The molecule has 2 aliphatic carbocycles. The zero-order valence-corrected chi connectivity index (χ0v) is 15.7. The van der Waals surface area contributed by atoms with Crippen LogP contribution >= 0.6 is 0 Å². The van der Waals surface area contributed by atoms with Crippen LogP contribution in [0.2, 0.25) is 0 Å². The largest absolute Gasteiger partial charge is 0.481 e. The Hall–Kier alpha value is -1.55. The monoisotopic (exact) mass is 344 g/mol. The molecule has 2 saturated carbocycles. The van der Waals surface area contributed by atoms with Crippen LogP contribution < -0.4 is 15.8 Å². The number of nitrogens with two attached hydrogens (primary N) is 1. The third-order valence-corrected chi connectivity index (χ3v) is 5.89. The minimum Gasteiger partial charge on any atom is -0.481 e. The number of nitrogens with one attached hydrogen (secondary N) is 1. The number of carbonyl (C=O) groups is 1. The molecule has 1 aromatic carbocycles. The van der Waals surface area contributed by atoms with Crippen LogP contribution in [0.3, 0.4) is 0 Å². The van der Waals surface area contributed by atoms with E-state index in [0.29, 0.717) is 23.8 Å². The summed E-state index contributed by atoms with van der Waals surface area (Å²) in [6, 6.07) is 8.61. The molecule has 2 fully saturated rings. The van der Waals surface area contributed by atoms with Gasteiger partial charge in [-0.1, -0.05) is 32.4 Å². The van der Waals surface area contributed by atoms with E-state index in [1.165, 1.54) is 24.8 Å². The van der Waals surface area contributed by atoms with Crippen molar-refractivity contribution < 1.29 is 9.53 Å². The Labute approximate surface area is 151 Å². The van der Waals surface area contributed by atoms with Gasteiger partial charge in [-0.2, -0.15) is 0 Å². The van der Waals surface area contributed by atoms with Crippen LogP contribution in [0.25, 0.3) is 0 Å². The molecule has 1 amide bonds. The number of amides is 1. The van der Waals surface area contributed by atoms with Crippen LogP contribution in [0.15, 0.2) is 24.3 Å². The maximum absolute atomic E-state index is 12.7. The maximum atomic E-state index is 12.7. The third-order valence-electron chi connectivity index (χ3n) is 5.89. The first-order chi connectivity index (χ1) is 11.9. The van der Waals surface area contributed by atoms with Gasteiger partial charge in [-0.15, -0.1) is 0 Å². The number of hydrogen-bond donors (Lipinski definition) is 2. The zero-order chi connectivity index (χ0) is 18.0. The lowest BCUT2D eigenvalue weighted by Gasteiger charge is -2.45. The van der Waals surface area contributed by atoms with Crippen molar-refractivity contribution in [3.8, 4) is 5.75 Å². The van der Waals surface area contributed by atoms with Crippen molar-refractivity contribution in [2.75, 3.05) is 0 Å². The molecule has 3 unspecified atom stereocenters. The van der Waals surface area contributed by atoms with Gasteiger partial charge < -0.3 is 15.8 Å². The summed E-state index contributed by atoms with van der Waals surface area (Å²) in [5, 5.41) is 3.28. The molecule has 0 aromatic heterocycles. The number of rotatable bonds is 5. The van der Waals surface area contributed by atoms with Crippen LogP contribution in [0.4, 0.5) is 0 Å². The second-order valence-corrected chi connectivity index (χ2v) is 8.20. The molecule has 3 rings (SSSR count). The quantitative estimate of drug-likeness (QED) is 0.858. The molecule has 3 atom stereocenters. The number of carbonyl (C=O) groups excluding carboxylic acids is 1. The number of fused-ring (bicyclic) bond motifs is 2. The van der Waals surface area contributed by atoms with Crippen LogP contribution in [0.1, 0.15) is 64.4 Å². The number of hydrogen-bond acceptors (Lipinski definition) is 3. The van der Waals surface area contributed by atoms with Gasteiger partial charge in [0.25, 0.3) is 5.91 Å². The Bertz CT molecular complexity index is 587. The van der Waals surface area contributed by atoms with E-state index < -0.39 is 6.10 Å². The fraction of sp³-hybridized carbons (Fsp3) is 0.667. The standard InChI is InChI=1S/C21H32N2O2/c1-13(2)15-6-5-9-19(12-15)25-14(3)21(24)23-20-16-7-4-8-17(20)11-18(22)10-16/h5-6,9,12-14,16-18,20H,4,7-8,10-11,22H2,1-3H3,(H,23,24). The average molecular weight is 344 g/mol. The molecule has 4 nitrogen and oxygen atoms in total. The molecule has 138 valence electrons. The van der Waals surface area contributed by atoms with Crippen molar-refractivity contribution in [3.63, 3.8) is 0 Å². The number of ether oxygens (including phenoxy) is 1. The lowest BCUT2D eigenvalue weighted by Crippen LogP contribution is -2.55. The topological polar surface area (TPSA) is 64.3 Å². The summed E-state index contributed by atoms with van der Waals surface area (Å²) in [7, 11) is 0. The molecule has 0 aliphatic heterocycles. The van der Waals surface area contributed by atoms with Crippen molar-refractivity contribution in [1.82, 2.24) is 5.32 Å². The van der Waals surface area contributed by atoms with E-state index in [2.05, 4.69) is 25.2 Å². The summed E-state index contributed by atoms with van der Waals surface area (Å²) >= 11 is 0. The Morgan fingerprint density at radius 1 is 1.20 bits per heavy atom. The van der Waals surface area contributed by atoms with Crippen LogP contribution in [0.5, 0.6) is 5.75 Å². The second kappa shape index (κ2) is 7.77. The van der Waals surface area contributed by atoms with Crippen molar-refractivity contribution in [3.05, 3.63) is 29.8 Å². The molecular formula is C21H32N2O2. The number of benzene rings is 1. The van der Waals surface area contributed by atoms with Crippen molar-refractivity contribution >= 4 is 5.91 Å². The third kappa shape index (κ3) is 4.35. The SMILES string of the molecule is CC(Oc1cccc(C(C)C)c1)C(=O)NC1C2CCCC1CC(N)C2. The Balaban J connectivity index is 1.60. The normalized spacial score (nSPS) is 30.0. The molecule has 0 heterocycles. The van der Waals surface area contributed by atoms with Crippen molar-refractivity contribution in [2.24, 2.45) is 17.6 Å². The van der Waals surface area contributed by atoms with Gasteiger partial charge in [0, 0.05) is 12.1 Å². The van der Waals surface area contributed by atoms with Crippen LogP contribution in [0, 0.1) is 11.8 Å². The summed E-state index contributed by atoms with van der Waals surface area (Å²) in [4.78, 5) is 12.7. The molecule has 4 heteroatoms. The zero-order valence-electron chi connectivity index (χ0n) is 15.7. The van der Waals surface area contributed by atoms with Gasteiger partial charge in [-0.25, -0.2) is 0 Å². The van der Waals surface area contributed by atoms with E-state index in [-0.39, 0.29) is 11.9 Å². The highest BCUT2D eigenvalue weighted by Gasteiger charge is 2.40. The van der Waals surface area contributed by atoms with E-state index >= 15 is 0 Å². The summed E-state index contributed by atoms with van der Waals surface area (Å²) in [5.41, 5.74) is 7.40. The molecule has 3 N–H and O–H groups in total. The average Bonchev–Trinajstić information content (AvgIpc) is 2.55. The minimum atomic E-state index is -0.487. The van der Waals surface area contributed by atoms with E-state index in [1.54, 1.807) is 0 Å². The highest BCUT2D eigenvalue weighted by molar-refractivity contribution is 5.81. The predicted octanol–water partition coefficient (Wildman–Crippen LogP) is 3.60. The fourth-order valence-corrected chi connectivity index (χ4v) is 4.51. The first kappa shape index (κ1) is 18.2. The fourth-order valence-electron chi connectivity index (χ4n) is 4.51. The van der Waals surface area contributed by atoms with Gasteiger partial charge in [0.05, 0.1) is 0 Å². The van der Waals surface area contributed by atoms with Gasteiger partial charge in [0.15, 0.2) is 6.10 Å². The molecule has 0 spiro atoms. The van der Waals surface area contributed by atoms with Crippen LogP contribution in [-0.4, -0.2) is 24.1 Å². The summed E-state index contributed by atoms with van der Waals surface area (Å²) < 4.78 is 5.92. The summed E-state index contributed by atoms with van der Waals surface area (Å²) in [6.07, 6.45) is 5.21. The molecular weight excluding hydrogens is 312 g/mol. The molecule has 2 bridgehead atoms. The van der Waals surface area contributed by atoms with E-state index in [9.17, 15) is 4.79 Å². The van der Waals surface area contributed by atoms with Gasteiger partial charge in [0.1, 0.15) is 5.75 Å². The lowest BCUT2D eigenvalue weighted by atomic mass is 9.67. The highest BCUT2D eigenvalue weighted by atomic mass is 16.5. The first-order valence-electron chi connectivity index (χ1n) is 9.76.